The molecule has 0 fully saturated rings. The number of hydrogen-bond acceptors (Lipinski definition) is 7. The van der Waals surface area contributed by atoms with Gasteiger partial charge in [-0.3, -0.25) is 9.59 Å². The van der Waals surface area contributed by atoms with Crippen LogP contribution in [0.2, 0.25) is 0 Å². The van der Waals surface area contributed by atoms with Crippen LogP contribution in [0.4, 0.5) is 0 Å². The fraction of sp³-hybridized carbons (Fsp3) is 0.318. The van der Waals surface area contributed by atoms with E-state index in [9.17, 15) is 9.59 Å². The lowest BCUT2D eigenvalue weighted by molar-refractivity contribution is -0.154. The molecule has 0 aliphatic rings. The fourth-order valence-electron chi connectivity index (χ4n) is 2.76. The number of aryl methyl sites for hydroxylation is 2. The van der Waals surface area contributed by atoms with Crippen molar-refractivity contribution < 1.29 is 28.0 Å². The van der Waals surface area contributed by atoms with Gasteiger partial charge in [0.25, 0.3) is 5.91 Å². The van der Waals surface area contributed by atoms with Crippen molar-refractivity contribution in [1.82, 2.24) is 10.5 Å². The first-order chi connectivity index (χ1) is 14.4. The molecular formula is C22H24N2O6. The van der Waals surface area contributed by atoms with E-state index in [1.165, 1.54) is 13.2 Å². The SMILES string of the molecule is Cc1noc(C)c1COc1ccc(CC(=O)O[C@H](C)C(=O)NCc2ccco2)cc1. The lowest BCUT2D eigenvalue weighted by atomic mass is 10.1. The first kappa shape index (κ1) is 21.2. The number of amides is 1. The van der Waals surface area contributed by atoms with Crippen LogP contribution in [-0.4, -0.2) is 23.1 Å². The molecular weight excluding hydrogens is 388 g/mol. The second-order valence-corrected chi connectivity index (χ2v) is 6.84. The third-order valence-electron chi connectivity index (χ3n) is 4.53. The number of esters is 1. The lowest BCUT2D eigenvalue weighted by Gasteiger charge is -2.13. The predicted octanol–water partition coefficient (Wildman–Crippen LogP) is 3.25. The molecule has 1 atom stereocenters. The van der Waals surface area contributed by atoms with E-state index in [2.05, 4.69) is 10.5 Å². The Morgan fingerprint density at radius 2 is 1.93 bits per heavy atom. The summed E-state index contributed by atoms with van der Waals surface area (Å²) in [5.74, 6) is 1.15. The van der Waals surface area contributed by atoms with E-state index < -0.39 is 12.1 Å². The van der Waals surface area contributed by atoms with Crippen LogP contribution in [-0.2, 0) is 33.9 Å². The standard InChI is InChI=1S/C22H24N2O6/c1-14-20(15(2)30-24-14)13-28-18-8-6-17(7-9-18)11-21(25)29-16(3)22(26)23-12-19-5-4-10-27-19/h4-10,16H,11-13H2,1-3H3,(H,23,26)/t16-/m1/s1. The van der Waals surface area contributed by atoms with E-state index in [0.717, 1.165) is 22.6 Å². The molecule has 158 valence electrons. The number of carbonyl (C=O) groups excluding carboxylic acids is 2. The highest BCUT2D eigenvalue weighted by Gasteiger charge is 2.18. The van der Waals surface area contributed by atoms with Gasteiger partial charge in [0.05, 0.1) is 30.5 Å². The number of nitrogens with one attached hydrogen (secondary N) is 1. The minimum atomic E-state index is -0.898. The van der Waals surface area contributed by atoms with Gasteiger partial charge in [-0.2, -0.15) is 0 Å². The minimum absolute atomic E-state index is 0.0555. The van der Waals surface area contributed by atoms with Crippen molar-refractivity contribution in [2.75, 3.05) is 0 Å². The molecule has 0 aliphatic heterocycles. The van der Waals surface area contributed by atoms with Gasteiger partial charge in [-0.05, 0) is 50.6 Å². The van der Waals surface area contributed by atoms with E-state index in [0.29, 0.717) is 18.1 Å². The molecule has 2 aromatic heterocycles. The highest BCUT2D eigenvalue weighted by atomic mass is 16.5. The normalized spacial score (nSPS) is 11.7. The molecule has 1 aromatic carbocycles. The van der Waals surface area contributed by atoms with Crippen LogP contribution in [0.15, 0.2) is 51.6 Å². The molecule has 0 spiro atoms. The number of ether oxygens (including phenoxy) is 2. The maximum Gasteiger partial charge on any atom is 0.311 e. The van der Waals surface area contributed by atoms with Crippen molar-refractivity contribution in [3.05, 3.63) is 71.0 Å². The molecule has 1 N–H and O–H groups in total. The number of carbonyl (C=O) groups is 2. The van der Waals surface area contributed by atoms with Gasteiger partial charge in [-0.25, -0.2) is 0 Å². The highest BCUT2D eigenvalue weighted by Crippen LogP contribution is 2.18. The van der Waals surface area contributed by atoms with Gasteiger partial charge in [0.1, 0.15) is 23.9 Å². The average Bonchev–Trinajstić information content (AvgIpc) is 3.35. The molecule has 3 rings (SSSR count). The number of nitrogens with zero attached hydrogens (tertiary/aromatic N) is 1. The maximum atomic E-state index is 12.1. The van der Waals surface area contributed by atoms with E-state index in [1.54, 1.807) is 36.4 Å². The van der Waals surface area contributed by atoms with Crippen molar-refractivity contribution in [2.24, 2.45) is 0 Å². The first-order valence-corrected chi connectivity index (χ1v) is 9.55. The molecule has 2 heterocycles. The Labute approximate surface area is 174 Å². The van der Waals surface area contributed by atoms with Gasteiger partial charge in [0, 0.05) is 0 Å². The second kappa shape index (κ2) is 9.78. The molecule has 0 unspecified atom stereocenters. The Hall–Kier alpha value is -3.55. The van der Waals surface area contributed by atoms with Crippen molar-refractivity contribution in [3.8, 4) is 5.75 Å². The van der Waals surface area contributed by atoms with E-state index in [1.807, 2.05) is 13.8 Å². The largest absolute Gasteiger partial charge is 0.489 e. The third-order valence-corrected chi connectivity index (χ3v) is 4.53. The summed E-state index contributed by atoms with van der Waals surface area (Å²) in [6.45, 7) is 5.82. The maximum absolute atomic E-state index is 12.1. The molecule has 0 saturated carbocycles. The molecule has 0 saturated heterocycles. The monoisotopic (exact) mass is 412 g/mol. The number of aromatic nitrogens is 1. The van der Waals surface area contributed by atoms with Crippen LogP contribution in [0, 0.1) is 13.8 Å². The van der Waals surface area contributed by atoms with Crippen molar-refractivity contribution in [1.29, 1.82) is 0 Å². The topological polar surface area (TPSA) is 104 Å². The summed E-state index contributed by atoms with van der Waals surface area (Å²) in [7, 11) is 0. The summed E-state index contributed by atoms with van der Waals surface area (Å²) < 4.78 is 21.2. The Bertz CT molecular complexity index is 956. The van der Waals surface area contributed by atoms with Gasteiger partial charge in [-0.15, -0.1) is 0 Å². The van der Waals surface area contributed by atoms with Gasteiger partial charge in [-0.1, -0.05) is 17.3 Å². The van der Waals surface area contributed by atoms with Crippen molar-refractivity contribution >= 4 is 11.9 Å². The van der Waals surface area contributed by atoms with E-state index >= 15 is 0 Å². The molecule has 0 radical (unpaired) electrons. The smallest absolute Gasteiger partial charge is 0.311 e. The van der Waals surface area contributed by atoms with E-state index in [-0.39, 0.29) is 18.9 Å². The summed E-state index contributed by atoms with van der Waals surface area (Å²) in [5, 5.41) is 6.55. The van der Waals surface area contributed by atoms with Crippen LogP contribution in [0.5, 0.6) is 5.75 Å². The number of furan rings is 1. The van der Waals surface area contributed by atoms with Gasteiger partial charge in [0.15, 0.2) is 6.10 Å². The van der Waals surface area contributed by atoms with Crippen LogP contribution < -0.4 is 10.1 Å². The van der Waals surface area contributed by atoms with Crippen LogP contribution in [0.3, 0.4) is 0 Å². The summed E-state index contributed by atoms with van der Waals surface area (Å²) in [4.78, 5) is 24.2. The second-order valence-electron chi connectivity index (χ2n) is 6.84. The average molecular weight is 412 g/mol. The Morgan fingerprint density at radius 1 is 1.17 bits per heavy atom. The Morgan fingerprint density at radius 3 is 2.57 bits per heavy atom. The van der Waals surface area contributed by atoms with Crippen LogP contribution in [0.1, 0.15) is 35.3 Å². The quantitative estimate of drug-likeness (QED) is 0.538. The highest BCUT2D eigenvalue weighted by molar-refractivity contribution is 5.83. The summed E-state index contributed by atoms with van der Waals surface area (Å²) >= 11 is 0. The molecule has 30 heavy (non-hydrogen) atoms. The zero-order valence-electron chi connectivity index (χ0n) is 17.1. The summed E-state index contributed by atoms with van der Waals surface area (Å²) in [5.41, 5.74) is 2.48. The van der Waals surface area contributed by atoms with Crippen LogP contribution in [0.25, 0.3) is 0 Å². The Balaban J connectivity index is 1.44. The number of benzene rings is 1. The van der Waals surface area contributed by atoms with Gasteiger partial charge in [0.2, 0.25) is 0 Å². The lowest BCUT2D eigenvalue weighted by Crippen LogP contribution is -2.35. The predicted molar refractivity (Wildman–Crippen MR) is 107 cm³/mol. The number of hydrogen-bond donors (Lipinski definition) is 1. The zero-order valence-corrected chi connectivity index (χ0v) is 17.1. The summed E-state index contributed by atoms with van der Waals surface area (Å²) in [6, 6.07) is 10.6. The fourth-order valence-corrected chi connectivity index (χ4v) is 2.76. The van der Waals surface area contributed by atoms with Gasteiger partial charge < -0.3 is 23.7 Å². The van der Waals surface area contributed by atoms with Crippen LogP contribution >= 0.6 is 0 Å². The van der Waals surface area contributed by atoms with Crippen molar-refractivity contribution in [2.45, 2.75) is 46.4 Å². The molecule has 1 amide bonds. The zero-order chi connectivity index (χ0) is 21.5. The number of rotatable bonds is 9. The van der Waals surface area contributed by atoms with Crippen molar-refractivity contribution in [3.63, 3.8) is 0 Å². The van der Waals surface area contributed by atoms with E-state index in [4.69, 9.17) is 18.4 Å². The molecule has 3 aromatic rings. The summed E-state index contributed by atoms with van der Waals surface area (Å²) in [6.07, 6.45) is 0.683. The Kier molecular flexibility index (Phi) is 6.90. The third kappa shape index (κ3) is 5.73. The van der Waals surface area contributed by atoms with Gasteiger partial charge >= 0.3 is 5.97 Å². The molecule has 8 heteroatoms. The minimum Gasteiger partial charge on any atom is -0.489 e. The first-order valence-electron chi connectivity index (χ1n) is 9.55. The molecule has 0 bridgehead atoms. The molecule has 0 aliphatic carbocycles. The molecule has 8 nitrogen and oxygen atoms in total.